The van der Waals surface area contributed by atoms with Crippen LogP contribution in [-0.4, -0.2) is 14.4 Å². The van der Waals surface area contributed by atoms with Crippen molar-refractivity contribution < 1.29 is 8.83 Å². The van der Waals surface area contributed by atoms with E-state index < -0.39 is 5.76 Å². The van der Waals surface area contributed by atoms with Gasteiger partial charge in [0.15, 0.2) is 16.3 Å². The highest BCUT2D eigenvalue weighted by Crippen LogP contribution is 2.33. The summed E-state index contributed by atoms with van der Waals surface area (Å²) in [4.78, 5) is 19.6. The fourth-order valence-corrected chi connectivity index (χ4v) is 3.92. The Bertz CT molecular complexity index is 1260. The molecule has 0 spiro atoms. The first-order valence-corrected chi connectivity index (χ1v) is 8.48. The lowest BCUT2D eigenvalue weighted by Gasteiger charge is -2.04. The number of nitrogens with two attached hydrogens (primary N) is 1. The number of thiazole rings is 1. The second-order valence-corrected chi connectivity index (χ2v) is 6.39. The van der Waals surface area contributed by atoms with E-state index in [0.29, 0.717) is 17.6 Å². The molecule has 0 saturated heterocycles. The Morgan fingerprint density at radius 3 is 3.04 bits per heavy atom. The van der Waals surface area contributed by atoms with E-state index >= 15 is 0 Å². The topological polar surface area (TPSA) is 102 Å². The molecule has 0 saturated carbocycles. The number of nitrogens with one attached hydrogen (secondary N) is 1. The Balaban J connectivity index is 1.76. The van der Waals surface area contributed by atoms with Gasteiger partial charge >= 0.3 is 5.76 Å². The van der Waals surface area contributed by atoms with Crippen molar-refractivity contribution in [2.75, 3.05) is 0 Å². The van der Waals surface area contributed by atoms with Gasteiger partial charge in [0.25, 0.3) is 0 Å². The second-order valence-electron chi connectivity index (χ2n) is 5.55. The quantitative estimate of drug-likeness (QED) is 0.519. The molecule has 5 rings (SSSR count). The SMILES string of the molecule is NCc1c(-c2ccc3[nH]c(=O)oc3c2)nc2scc(-c3ccco3)n12. The average Bonchev–Trinajstić information content (AvgIpc) is 3.36. The van der Waals surface area contributed by atoms with Crippen LogP contribution in [0.5, 0.6) is 0 Å². The number of imidazole rings is 1. The number of nitrogens with zero attached hydrogens (tertiary/aromatic N) is 2. The first-order chi connectivity index (χ1) is 12.2. The fraction of sp³-hybridized carbons (Fsp3) is 0.0588. The maximum atomic E-state index is 11.4. The van der Waals surface area contributed by atoms with Crippen LogP contribution in [0.4, 0.5) is 0 Å². The van der Waals surface area contributed by atoms with Crippen LogP contribution >= 0.6 is 11.3 Å². The summed E-state index contributed by atoms with van der Waals surface area (Å²) in [6.07, 6.45) is 1.64. The van der Waals surface area contributed by atoms with E-state index in [1.54, 1.807) is 18.4 Å². The summed E-state index contributed by atoms with van der Waals surface area (Å²) in [7, 11) is 0. The number of aromatic nitrogens is 3. The van der Waals surface area contributed by atoms with Crippen LogP contribution in [0.2, 0.25) is 0 Å². The summed E-state index contributed by atoms with van der Waals surface area (Å²) < 4.78 is 12.7. The molecule has 0 aliphatic heterocycles. The molecule has 0 radical (unpaired) electrons. The monoisotopic (exact) mass is 352 g/mol. The maximum absolute atomic E-state index is 11.4. The van der Waals surface area contributed by atoms with Crippen LogP contribution in [0.3, 0.4) is 0 Å². The van der Waals surface area contributed by atoms with Crippen LogP contribution in [-0.2, 0) is 6.54 Å². The molecule has 7 nitrogen and oxygen atoms in total. The van der Waals surface area contributed by atoms with Gasteiger partial charge in [-0.15, -0.1) is 11.3 Å². The second kappa shape index (κ2) is 5.20. The third-order valence-corrected chi connectivity index (χ3v) is 4.95. The van der Waals surface area contributed by atoms with Crippen molar-refractivity contribution in [1.29, 1.82) is 0 Å². The van der Waals surface area contributed by atoms with Gasteiger partial charge in [0.05, 0.1) is 23.2 Å². The zero-order chi connectivity index (χ0) is 17.0. The number of benzene rings is 1. The number of hydrogen-bond acceptors (Lipinski definition) is 6. The van der Waals surface area contributed by atoms with E-state index in [1.807, 2.05) is 28.0 Å². The lowest BCUT2D eigenvalue weighted by molar-refractivity contribution is 0.555. The van der Waals surface area contributed by atoms with Crippen LogP contribution < -0.4 is 11.5 Å². The number of hydrogen-bond donors (Lipinski definition) is 2. The summed E-state index contributed by atoms with van der Waals surface area (Å²) in [5, 5.41) is 2.00. The molecule has 8 heteroatoms. The number of H-pyrrole nitrogens is 1. The van der Waals surface area contributed by atoms with Gasteiger partial charge in [0, 0.05) is 17.5 Å². The van der Waals surface area contributed by atoms with Gasteiger partial charge in [-0.3, -0.25) is 9.38 Å². The Kier molecular flexibility index (Phi) is 2.97. The van der Waals surface area contributed by atoms with E-state index in [1.165, 1.54) is 11.3 Å². The first-order valence-electron chi connectivity index (χ1n) is 7.60. The van der Waals surface area contributed by atoms with Gasteiger partial charge in [-0.2, -0.15) is 0 Å². The summed E-state index contributed by atoms with van der Waals surface area (Å²) in [6.45, 7) is 0.316. The predicted octanol–water partition coefficient (Wildman–Crippen LogP) is 3.22. The molecule has 5 aromatic rings. The standard InChI is InChI=1S/C17H12N4O3S/c18-7-11-15(9-3-4-10-14(6-9)24-17(22)19-10)20-16-21(11)12(8-25-16)13-2-1-5-23-13/h1-6,8H,7,18H2,(H,19,22). The lowest BCUT2D eigenvalue weighted by Crippen LogP contribution is -2.03. The number of oxazole rings is 1. The van der Waals surface area contributed by atoms with Crippen LogP contribution in [0.25, 0.3) is 38.8 Å². The maximum Gasteiger partial charge on any atom is 0.417 e. The van der Waals surface area contributed by atoms with Gasteiger partial charge in [-0.05, 0) is 24.3 Å². The summed E-state index contributed by atoms with van der Waals surface area (Å²) in [5.74, 6) is 0.286. The van der Waals surface area contributed by atoms with Crippen molar-refractivity contribution in [1.82, 2.24) is 14.4 Å². The van der Waals surface area contributed by atoms with Gasteiger partial charge in [0.2, 0.25) is 0 Å². The minimum absolute atomic E-state index is 0.316. The molecule has 0 aliphatic carbocycles. The van der Waals surface area contributed by atoms with E-state index in [4.69, 9.17) is 19.6 Å². The Morgan fingerprint density at radius 2 is 2.24 bits per heavy atom. The molecule has 3 N–H and O–H groups in total. The number of rotatable bonds is 3. The molecule has 4 heterocycles. The first kappa shape index (κ1) is 14.3. The summed E-state index contributed by atoms with van der Waals surface area (Å²) in [6, 6.07) is 9.25. The number of furan rings is 1. The Hall–Kier alpha value is -3.10. The van der Waals surface area contributed by atoms with Crippen molar-refractivity contribution in [2.24, 2.45) is 5.73 Å². The lowest BCUT2D eigenvalue weighted by atomic mass is 10.1. The Labute approximate surface area is 144 Å². The third kappa shape index (κ3) is 2.08. The number of aromatic amines is 1. The van der Waals surface area contributed by atoms with Crippen molar-refractivity contribution in [3.8, 4) is 22.7 Å². The molecular formula is C17H12N4O3S. The molecule has 124 valence electrons. The highest BCUT2D eigenvalue weighted by molar-refractivity contribution is 7.15. The predicted molar refractivity (Wildman–Crippen MR) is 94.5 cm³/mol. The van der Waals surface area contributed by atoms with E-state index in [-0.39, 0.29) is 0 Å². The molecule has 0 unspecified atom stereocenters. The molecular weight excluding hydrogens is 340 g/mol. The molecule has 0 atom stereocenters. The molecule has 1 aromatic carbocycles. The van der Waals surface area contributed by atoms with Gasteiger partial charge in [0.1, 0.15) is 5.69 Å². The highest BCUT2D eigenvalue weighted by atomic mass is 32.1. The van der Waals surface area contributed by atoms with Crippen LogP contribution in [0, 0.1) is 0 Å². The zero-order valence-corrected chi connectivity index (χ0v) is 13.7. The average molecular weight is 352 g/mol. The molecule has 4 aromatic heterocycles. The molecule has 0 bridgehead atoms. The normalized spacial score (nSPS) is 11.7. The smallest absolute Gasteiger partial charge is 0.417 e. The van der Waals surface area contributed by atoms with Gasteiger partial charge in [-0.1, -0.05) is 6.07 Å². The largest absolute Gasteiger partial charge is 0.463 e. The van der Waals surface area contributed by atoms with Crippen LogP contribution in [0.1, 0.15) is 5.69 Å². The highest BCUT2D eigenvalue weighted by Gasteiger charge is 2.19. The van der Waals surface area contributed by atoms with Crippen molar-refractivity contribution >= 4 is 27.4 Å². The Morgan fingerprint density at radius 1 is 1.32 bits per heavy atom. The van der Waals surface area contributed by atoms with Crippen molar-refractivity contribution in [2.45, 2.75) is 6.54 Å². The molecule has 0 aliphatic rings. The molecule has 0 amide bonds. The number of fused-ring (bicyclic) bond motifs is 2. The third-order valence-electron chi connectivity index (χ3n) is 4.12. The van der Waals surface area contributed by atoms with Crippen molar-refractivity contribution in [3.63, 3.8) is 0 Å². The zero-order valence-electron chi connectivity index (χ0n) is 12.9. The summed E-state index contributed by atoms with van der Waals surface area (Å²) in [5.41, 5.74) is 10.6. The van der Waals surface area contributed by atoms with E-state index in [0.717, 1.165) is 33.4 Å². The minimum Gasteiger partial charge on any atom is -0.463 e. The van der Waals surface area contributed by atoms with Gasteiger partial charge in [-0.25, -0.2) is 9.78 Å². The minimum atomic E-state index is -0.475. The van der Waals surface area contributed by atoms with Crippen LogP contribution in [0.15, 0.2) is 55.6 Å². The fourth-order valence-electron chi connectivity index (χ4n) is 3.02. The summed E-state index contributed by atoms with van der Waals surface area (Å²) >= 11 is 1.52. The molecule has 25 heavy (non-hydrogen) atoms. The van der Waals surface area contributed by atoms with Gasteiger partial charge < -0.3 is 14.6 Å². The molecule has 0 fully saturated rings. The van der Waals surface area contributed by atoms with E-state index in [9.17, 15) is 4.79 Å². The van der Waals surface area contributed by atoms with Crippen molar-refractivity contribution in [3.05, 3.63) is 58.2 Å². The van der Waals surface area contributed by atoms with E-state index in [2.05, 4.69) is 4.98 Å².